The molecule has 0 bridgehead atoms. The molecule has 1 saturated heterocycles. The number of ether oxygens (including phenoxy) is 1. The monoisotopic (exact) mass is 243 g/mol. The summed E-state index contributed by atoms with van der Waals surface area (Å²) in [6.07, 6.45) is 3.00. The van der Waals surface area contributed by atoms with Crippen LogP contribution in [-0.2, 0) is 9.53 Å². The molecule has 3 unspecified atom stereocenters. The predicted molar refractivity (Wildman–Crippen MR) is 67.1 cm³/mol. The molecular formula is C13H25NO3. The van der Waals surface area contributed by atoms with E-state index in [1.165, 1.54) is 0 Å². The number of carboxylic acids is 1. The van der Waals surface area contributed by atoms with Gasteiger partial charge in [-0.1, -0.05) is 13.8 Å². The maximum Gasteiger partial charge on any atom is 0.307 e. The Hall–Kier alpha value is -0.610. The van der Waals surface area contributed by atoms with Gasteiger partial charge in [-0.25, -0.2) is 0 Å². The molecular weight excluding hydrogens is 218 g/mol. The van der Waals surface area contributed by atoms with Crippen LogP contribution >= 0.6 is 0 Å². The molecule has 100 valence electrons. The van der Waals surface area contributed by atoms with Crippen molar-refractivity contribution >= 4 is 5.97 Å². The van der Waals surface area contributed by atoms with Crippen molar-refractivity contribution in [1.29, 1.82) is 0 Å². The van der Waals surface area contributed by atoms with E-state index in [1.54, 1.807) is 6.92 Å². The maximum atomic E-state index is 10.8. The fraction of sp³-hybridized carbons (Fsp3) is 0.923. The van der Waals surface area contributed by atoms with Crippen LogP contribution in [-0.4, -0.2) is 47.8 Å². The number of hydrogen-bond acceptors (Lipinski definition) is 3. The van der Waals surface area contributed by atoms with Crippen LogP contribution in [0.5, 0.6) is 0 Å². The van der Waals surface area contributed by atoms with E-state index >= 15 is 0 Å². The number of nitrogens with zero attached hydrogens (tertiary/aromatic N) is 1. The largest absolute Gasteiger partial charge is 0.481 e. The molecule has 0 saturated carbocycles. The first kappa shape index (κ1) is 14.5. The van der Waals surface area contributed by atoms with E-state index in [2.05, 4.69) is 18.7 Å². The third-order valence-electron chi connectivity index (χ3n) is 3.92. The molecule has 3 atom stereocenters. The van der Waals surface area contributed by atoms with Crippen LogP contribution < -0.4 is 0 Å². The summed E-state index contributed by atoms with van der Waals surface area (Å²) in [6, 6.07) is 0.440. The molecule has 4 heteroatoms. The Morgan fingerprint density at radius 1 is 1.65 bits per heavy atom. The first-order valence-corrected chi connectivity index (χ1v) is 6.45. The molecule has 4 nitrogen and oxygen atoms in total. The number of rotatable bonds is 5. The van der Waals surface area contributed by atoms with Crippen LogP contribution in [0.2, 0.25) is 0 Å². The summed E-state index contributed by atoms with van der Waals surface area (Å²) in [5.74, 6) is -1.03. The molecule has 0 radical (unpaired) electrons. The number of carbonyl (C=O) groups is 1. The van der Waals surface area contributed by atoms with Crippen molar-refractivity contribution in [1.82, 2.24) is 4.90 Å². The highest BCUT2D eigenvalue weighted by Gasteiger charge is 2.34. The second-order valence-electron chi connectivity index (χ2n) is 5.48. The quantitative estimate of drug-likeness (QED) is 0.802. The fourth-order valence-electron chi connectivity index (χ4n) is 2.38. The second kappa shape index (κ2) is 5.83. The summed E-state index contributed by atoms with van der Waals surface area (Å²) in [5, 5.41) is 8.93. The van der Waals surface area contributed by atoms with Crippen LogP contribution in [0.25, 0.3) is 0 Å². The van der Waals surface area contributed by atoms with Crippen LogP contribution in [0.15, 0.2) is 0 Å². The zero-order chi connectivity index (χ0) is 13.1. The van der Waals surface area contributed by atoms with Gasteiger partial charge in [-0.2, -0.15) is 0 Å². The van der Waals surface area contributed by atoms with Gasteiger partial charge in [-0.05, 0) is 33.2 Å². The Kier molecular flexibility index (Phi) is 4.95. The van der Waals surface area contributed by atoms with Crippen molar-refractivity contribution in [3.05, 3.63) is 0 Å². The number of hydrogen-bond donors (Lipinski definition) is 1. The average Bonchev–Trinajstić information content (AvgIpc) is 2.29. The number of carboxylic acid groups (broad SMARTS) is 1. The lowest BCUT2D eigenvalue weighted by molar-refractivity contribution is -0.142. The van der Waals surface area contributed by atoms with Gasteiger partial charge in [0.05, 0.1) is 11.5 Å². The van der Waals surface area contributed by atoms with Crippen molar-refractivity contribution in [2.24, 2.45) is 5.92 Å². The Labute approximate surface area is 104 Å². The lowest BCUT2D eigenvalue weighted by Crippen LogP contribution is -2.47. The van der Waals surface area contributed by atoms with Gasteiger partial charge in [-0.3, -0.25) is 4.79 Å². The van der Waals surface area contributed by atoms with Gasteiger partial charge in [0.25, 0.3) is 0 Å². The molecule has 1 heterocycles. The van der Waals surface area contributed by atoms with Gasteiger partial charge >= 0.3 is 5.97 Å². The smallest absolute Gasteiger partial charge is 0.307 e. The summed E-state index contributed by atoms with van der Waals surface area (Å²) in [5.41, 5.74) is -0.0381. The molecule has 0 aromatic rings. The second-order valence-corrected chi connectivity index (χ2v) is 5.48. The van der Waals surface area contributed by atoms with E-state index in [-0.39, 0.29) is 11.5 Å². The molecule has 1 aliphatic heterocycles. The number of aliphatic carboxylic acids is 1. The molecule has 1 rings (SSSR count). The summed E-state index contributed by atoms with van der Waals surface area (Å²) in [7, 11) is 2.02. The highest BCUT2D eigenvalue weighted by molar-refractivity contribution is 5.69. The molecule has 1 N–H and O–H groups in total. The minimum absolute atomic E-state index is 0.0381. The predicted octanol–water partition coefficient (Wildman–Crippen LogP) is 1.99. The first-order chi connectivity index (χ1) is 7.88. The SMILES string of the molecule is CCC1(C)CC(N(C)CC(C)C(=O)O)CCO1. The van der Waals surface area contributed by atoms with Crippen molar-refractivity contribution in [2.75, 3.05) is 20.2 Å². The van der Waals surface area contributed by atoms with Gasteiger partial charge < -0.3 is 14.7 Å². The average molecular weight is 243 g/mol. The minimum atomic E-state index is -0.720. The van der Waals surface area contributed by atoms with Crippen LogP contribution in [0.3, 0.4) is 0 Å². The zero-order valence-corrected chi connectivity index (χ0v) is 11.4. The zero-order valence-electron chi connectivity index (χ0n) is 11.4. The van der Waals surface area contributed by atoms with Crippen LogP contribution in [0.4, 0.5) is 0 Å². The normalized spacial score (nSPS) is 31.5. The molecule has 1 fully saturated rings. The highest BCUT2D eigenvalue weighted by Crippen LogP contribution is 2.30. The Balaban J connectivity index is 2.52. The molecule has 0 amide bonds. The summed E-state index contributed by atoms with van der Waals surface area (Å²) in [4.78, 5) is 13.0. The van der Waals surface area contributed by atoms with Crippen molar-refractivity contribution in [3.63, 3.8) is 0 Å². The van der Waals surface area contributed by atoms with Gasteiger partial charge in [0.2, 0.25) is 0 Å². The van der Waals surface area contributed by atoms with E-state index in [0.29, 0.717) is 12.6 Å². The van der Waals surface area contributed by atoms with Crippen LogP contribution in [0, 0.1) is 5.92 Å². The lowest BCUT2D eigenvalue weighted by Gasteiger charge is -2.41. The molecule has 0 aromatic carbocycles. The van der Waals surface area contributed by atoms with E-state index in [0.717, 1.165) is 25.9 Å². The maximum absolute atomic E-state index is 10.8. The summed E-state index contributed by atoms with van der Waals surface area (Å²) < 4.78 is 5.80. The van der Waals surface area contributed by atoms with E-state index in [1.807, 2.05) is 7.05 Å². The van der Waals surface area contributed by atoms with Crippen molar-refractivity contribution < 1.29 is 14.6 Å². The van der Waals surface area contributed by atoms with Gasteiger partial charge in [-0.15, -0.1) is 0 Å². The van der Waals surface area contributed by atoms with Crippen molar-refractivity contribution in [3.8, 4) is 0 Å². The lowest BCUT2D eigenvalue weighted by atomic mass is 9.89. The van der Waals surface area contributed by atoms with Gasteiger partial charge in [0.1, 0.15) is 0 Å². The third-order valence-corrected chi connectivity index (χ3v) is 3.92. The molecule has 0 aromatic heterocycles. The van der Waals surface area contributed by atoms with Crippen LogP contribution in [0.1, 0.15) is 40.0 Å². The molecule has 0 spiro atoms. The third kappa shape index (κ3) is 3.96. The van der Waals surface area contributed by atoms with E-state index in [4.69, 9.17) is 9.84 Å². The molecule has 1 aliphatic rings. The van der Waals surface area contributed by atoms with E-state index < -0.39 is 5.97 Å². The topological polar surface area (TPSA) is 49.8 Å². The van der Waals surface area contributed by atoms with E-state index in [9.17, 15) is 4.79 Å². The fourth-order valence-corrected chi connectivity index (χ4v) is 2.38. The standard InChI is InChI=1S/C13H25NO3/c1-5-13(3)8-11(6-7-17-13)14(4)9-10(2)12(15)16/h10-11H,5-9H2,1-4H3,(H,15,16). The Bertz CT molecular complexity index is 269. The molecule has 17 heavy (non-hydrogen) atoms. The highest BCUT2D eigenvalue weighted by atomic mass is 16.5. The van der Waals surface area contributed by atoms with Crippen molar-refractivity contribution in [2.45, 2.75) is 51.7 Å². The summed E-state index contributed by atoms with van der Waals surface area (Å²) >= 11 is 0. The first-order valence-electron chi connectivity index (χ1n) is 6.45. The summed E-state index contributed by atoms with van der Waals surface area (Å²) in [6.45, 7) is 7.44. The van der Waals surface area contributed by atoms with Gasteiger partial charge in [0.15, 0.2) is 0 Å². The minimum Gasteiger partial charge on any atom is -0.481 e. The Morgan fingerprint density at radius 2 is 2.29 bits per heavy atom. The van der Waals surface area contributed by atoms with Gasteiger partial charge in [0, 0.05) is 19.2 Å². The Morgan fingerprint density at radius 3 is 2.82 bits per heavy atom. The molecule has 0 aliphatic carbocycles.